The first-order chi connectivity index (χ1) is 4.76. The average molecular weight is 170 g/mol. The number of Topliss-reactive ketones (excluding diaryl/α,β-unsaturated/α-hetero) is 1. The molecule has 11 heavy (non-hydrogen) atoms. The second kappa shape index (κ2) is 2.89. The predicted molar refractivity (Wildman–Crippen MR) is 27.9 cm³/mol. The molecule has 0 rings (SSSR count). The van der Waals surface area contributed by atoms with Gasteiger partial charge in [0.05, 0.1) is 0 Å². The highest BCUT2D eigenvalue weighted by molar-refractivity contribution is 5.97. The number of alkyl halides is 3. The molecule has 0 spiro atoms. The Morgan fingerprint density at radius 3 is 1.73 bits per heavy atom. The molecule has 3 nitrogen and oxygen atoms in total. The molecular weight excluding hydrogens is 165 g/mol. The highest BCUT2D eigenvalue weighted by atomic mass is 19.4. The van der Waals surface area contributed by atoms with Crippen molar-refractivity contribution in [1.82, 2.24) is 0 Å². The molecular formula is C5H5F3O3. The van der Waals surface area contributed by atoms with E-state index < -0.39 is 23.8 Å². The summed E-state index contributed by atoms with van der Waals surface area (Å²) in [4.78, 5) is 20.0. The Labute approximate surface area is 59.8 Å². The number of ketones is 1. The van der Waals surface area contributed by atoms with E-state index in [4.69, 9.17) is 5.11 Å². The highest BCUT2D eigenvalue weighted by Gasteiger charge is 2.48. The van der Waals surface area contributed by atoms with Gasteiger partial charge in [0.2, 0.25) is 5.92 Å². The minimum Gasteiger partial charge on any atom is -0.480 e. The van der Waals surface area contributed by atoms with Gasteiger partial charge in [0.15, 0.2) is 5.78 Å². The fourth-order valence-corrected chi connectivity index (χ4v) is 0.544. The van der Waals surface area contributed by atoms with Crippen molar-refractivity contribution in [2.24, 2.45) is 5.92 Å². The molecule has 0 saturated carbocycles. The summed E-state index contributed by atoms with van der Waals surface area (Å²) in [6, 6.07) is 0. The minimum absolute atomic E-state index is 0.590. The van der Waals surface area contributed by atoms with Crippen LogP contribution in [0.3, 0.4) is 0 Å². The maximum Gasteiger partial charge on any atom is 0.409 e. The van der Waals surface area contributed by atoms with E-state index in [9.17, 15) is 22.8 Å². The largest absolute Gasteiger partial charge is 0.480 e. The Bertz CT molecular complexity index is 170. The number of hydrogen-bond acceptors (Lipinski definition) is 2. The van der Waals surface area contributed by atoms with Gasteiger partial charge in [-0.1, -0.05) is 0 Å². The molecule has 0 amide bonds. The van der Waals surface area contributed by atoms with Crippen LogP contribution >= 0.6 is 0 Å². The molecule has 0 aromatic carbocycles. The zero-order valence-electron chi connectivity index (χ0n) is 5.47. The van der Waals surface area contributed by atoms with E-state index in [1.54, 1.807) is 0 Å². The molecule has 64 valence electrons. The normalized spacial score (nSPS) is 14.2. The lowest BCUT2D eigenvalue weighted by atomic mass is 10.1. The SMILES string of the molecule is CC(=O)C(C(=O)O)C(F)(F)F. The molecule has 1 N–H and O–H groups in total. The van der Waals surface area contributed by atoms with Gasteiger partial charge in [-0.25, -0.2) is 0 Å². The predicted octanol–water partition coefficient (Wildman–Crippen LogP) is 0.838. The summed E-state index contributed by atoms with van der Waals surface area (Å²) >= 11 is 0. The fourth-order valence-electron chi connectivity index (χ4n) is 0.544. The quantitative estimate of drug-likeness (QED) is 0.624. The van der Waals surface area contributed by atoms with E-state index in [-0.39, 0.29) is 0 Å². The van der Waals surface area contributed by atoms with Crippen LogP contribution in [0.2, 0.25) is 0 Å². The molecule has 0 aliphatic heterocycles. The van der Waals surface area contributed by atoms with Crippen LogP contribution in [0.1, 0.15) is 6.92 Å². The van der Waals surface area contributed by atoms with E-state index in [1.807, 2.05) is 0 Å². The zero-order chi connectivity index (χ0) is 9.23. The lowest BCUT2D eigenvalue weighted by molar-refractivity contribution is -0.193. The van der Waals surface area contributed by atoms with Gasteiger partial charge < -0.3 is 5.11 Å². The molecule has 0 bridgehead atoms. The van der Waals surface area contributed by atoms with Gasteiger partial charge >= 0.3 is 12.1 Å². The van der Waals surface area contributed by atoms with Crippen molar-refractivity contribution in [3.05, 3.63) is 0 Å². The van der Waals surface area contributed by atoms with Crippen LogP contribution in [0, 0.1) is 5.92 Å². The van der Waals surface area contributed by atoms with Gasteiger partial charge in [-0.15, -0.1) is 0 Å². The van der Waals surface area contributed by atoms with E-state index in [2.05, 4.69) is 0 Å². The van der Waals surface area contributed by atoms with Crippen LogP contribution in [-0.2, 0) is 9.59 Å². The van der Waals surface area contributed by atoms with Gasteiger partial charge in [-0.05, 0) is 6.92 Å². The molecule has 1 unspecified atom stereocenters. The average Bonchev–Trinajstić information content (AvgIpc) is 1.54. The Morgan fingerprint density at radius 2 is 1.73 bits per heavy atom. The first kappa shape index (κ1) is 9.93. The molecule has 0 aliphatic carbocycles. The number of carbonyl (C=O) groups is 2. The first-order valence-corrected chi connectivity index (χ1v) is 2.56. The van der Waals surface area contributed by atoms with Crippen LogP contribution in [0.25, 0.3) is 0 Å². The lowest BCUT2D eigenvalue weighted by Crippen LogP contribution is -2.35. The van der Waals surface area contributed by atoms with Crippen molar-refractivity contribution in [3.63, 3.8) is 0 Å². The molecule has 0 radical (unpaired) electrons. The third-order valence-corrected chi connectivity index (χ3v) is 0.981. The fraction of sp³-hybridized carbons (Fsp3) is 0.600. The number of carbonyl (C=O) groups excluding carboxylic acids is 1. The summed E-state index contributed by atoms with van der Waals surface area (Å²) in [7, 11) is 0. The molecule has 0 aromatic rings. The summed E-state index contributed by atoms with van der Waals surface area (Å²) in [5.41, 5.74) is 0. The first-order valence-electron chi connectivity index (χ1n) is 2.56. The molecule has 0 fully saturated rings. The summed E-state index contributed by atoms with van der Waals surface area (Å²) in [6.45, 7) is 0.590. The smallest absolute Gasteiger partial charge is 0.409 e. The molecule has 1 atom stereocenters. The van der Waals surface area contributed by atoms with Crippen molar-refractivity contribution in [2.75, 3.05) is 0 Å². The maximum atomic E-state index is 11.6. The number of carboxylic acid groups (broad SMARTS) is 1. The van der Waals surface area contributed by atoms with Crippen molar-refractivity contribution in [2.45, 2.75) is 13.1 Å². The van der Waals surface area contributed by atoms with E-state index in [1.165, 1.54) is 0 Å². The lowest BCUT2D eigenvalue weighted by Gasteiger charge is -2.11. The Balaban J connectivity index is 4.63. The Morgan fingerprint density at radius 1 is 1.36 bits per heavy atom. The molecule has 0 aliphatic rings. The van der Waals surface area contributed by atoms with Gasteiger partial charge in [0.1, 0.15) is 0 Å². The molecule has 6 heteroatoms. The number of halogens is 3. The van der Waals surface area contributed by atoms with Crippen LogP contribution in [-0.4, -0.2) is 23.0 Å². The van der Waals surface area contributed by atoms with Crippen LogP contribution in [0.4, 0.5) is 13.2 Å². The van der Waals surface area contributed by atoms with Crippen LogP contribution in [0.5, 0.6) is 0 Å². The van der Waals surface area contributed by atoms with E-state index in [0.29, 0.717) is 6.92 Å². The minimum atomic E-state index is -4.99. The third kappa shape index (κ3) is 2.57. The monoisotopic (exact) mass is 170 g/mol. The maximum absolute atomic E-state index is 11.6. The zero-order valence-corrected chi connectivity index (χ0v) is 5.47. The molecule has 0 saturated heterocycles. The van der Waals surface area contributed by atoms with Crippen LogP contribution < -0.4 is 0 Å². The Hall–Kier alpha value is -1.07. The summed E-state index contributed by atoms with van der Waals surface area (Å²) in [6.07, 6.45) is -4.99. The van der Waals surface area contributed by atoms with Gasteiger partial charge in [0.25, 0.3) is 0 Å². The van der Waals surface area contributed by atoms with Gasteiger partial charge in [-0.3, -0.25) is 9.59 Å². The highest BCUT2D eigenvalue weighted by Crippen LogP contribution is 2.26. The molecule has 0 heterocycles. The van der Waals surface area contributed by atoms with Crippen LogP contribution in [0.15, 0.2) is 0 Å². The van der Waals surface area contributed by atoms with Crippen molar-refractivity contribution in [1.29, 1.82) is 0 Å². The number of aliphatic carboxylic acids is 1. The topological polar surface area (TPSA) is 54.4 Å². The van der Waals surface area contributed by atoms with Gasteiger partial charge in [0, 0.05) is 0 Å². The number of hydrogen-bond donors (Lipinski definition) is 1. The second-order valence-corrected chi connectivity index (χ2v) is 1.92. The summed E-state index contributed by atoms with van der Waals surface area (Å²) < 4.78 is 34.9. The Kier molecular flexibility index (Phi) is 2.61. The third-order valence-electron chi connectivity index (χ3n) is 0.981. The number of rotatable bonds is 2. The standard InChI is InChI=1S/C5H5F3O3/c1-2(9)3(4(10)11)5(6,7)8/h3H,1H3,(H,10,11). The van der Waals surface area contributed by atoms with E-state index >= 15 is 0 Å². The van der Waals surface area contributed by atoms with Crippen molar-refractivity contribution >= 4 is 11.8 Å². The van der Waals surface area contributed by atoms with Gasteiger partial charge in [-0.2, -0.15) is 13.2 Å². The summed E-state index contributed by atoms with van der Waals surface area (Å²) in [5.74, 6) is -6.46. The summed E-state index contributed by atoms with van der Waals surface area (Å²) in [5, 5.41) is 7.94. The van der Waals surface area contributed by atoms with Crippen molar-refractivity contribution in [3.8, 4) is 0 Å². The second-order valence-electron chi connectivity index (χ2n) is 1.92. The molecule has 0 aromatic heterocycles. The number of carboxylic acids is 1. The van der Waals surface area contributed by atoms with Crippen molar-refractivity contribution < 1.29 is 27.9 Å². The van der Waals surface area contributed by atoms with E-state index in [0.717, 1.165) is 0 Å².